The Morgan fingerprint density at radius 1 is 0.812 bits per heavy atom. The second-order valence-corrected chi connectivity index (χ2v) is 11.8. The van der Waals surface area contributed by atoms with Crippen LogP contribution in [0.5, 0.6) is 0 Å². The first-order chi connectivity index (χ1) is 22.4. The number of hydrogen-bond acceptors (Lipinski definition) is 7. The summed E-state index contributed by atoms with van der Waals surface area (Å²) < 4.78 is 126. The normalized spacial score (nSPS) is 16.0. The molecule has 0 radical (unpaired) electrons. The van der Waals surface area contributed by atoms with Gasteiger partial charge >= 0.3 is 18.5 Å². The first-order valence-corrected chi connectivity index (χ1v) is 15.0. The van der Waals surface area contributed by atoms with Gasteiger partial charge in [0.25, 0.3) is 5.95 Å². The predicted molar refractivity (Wildman–Crippen MR) is 154 cm³/mol. The Bertz CT molecular complexity index is 1670. The van der Waals surface area contributed by atoms with E-state index < -0.39 is 47.3 Å². The van der Waals surface area contributed by atoms with Gasteiger partial charge in [-0.2, -0.15) is 44.3 Å². The van der Waals surface area contributed by atoms with Gasteiger partial charge in [0.05, 0.1) is 23.7 Å². The van der Waals surface area contributed by atoms with Crippen LogP contribution in [-0.4, -0.2) is 53.0 Å². The Hall–Kier alpha value is -4.22. The lowest BCUT2D eigenvalue weighted by atomic mass is 9.90. The van der Waals surface area contributed by atoms with Crippen LogP contribution in [0.4, 0.5) is 45.5 Å². The largest absolute Gasteiger partial charge is 0.416 e. The summed E-state index contributed by atoms with van der Waals surface area (Å²) in [6.45, 7) is 2.15. The number of halogens is 9. The van der Waals surface area contributed by atoms with Gasteiger partial charge in [0.1, 0.15) is 12.2 Å². The van der Waals surface area contributed by atoms with Crippen molar-refractivity contribution >= 4 is 5.95 Å². The molecule has 1 aliphatic rings. The van der Waals surface area contributed by atoms with Crippen molar-refractivity contribution in [2.45, 2.75) is 69.8 Å². The van der Waals surface area contributed by atoms with Gasteiger partial charge in [-0.3, -0.25) is 4.90 Å². The number of aryl methyl sites for hydroxylation is 2. The predicted octanol–water partition coefficient (Wildman–Crippen LogP) is 6.93. The molecule has 1 fully saturated rings. The van der Waals surface area contributed by atoms with Gasteiger partial charge < -0.3 is 9.47 Å². The lowest BCUT2D eigenvalue weighted by Crippen LogP contribution is -2.37. The lowest BCUT2D eigenvalue weighted by molar-refractivity contribution is -0.143. The fraction of sp³-hybridized carbons (Fsp3) is 0.500. The Kier molecular flexibility index (Phi) is 9.76. The molecule has 1 saturated heterocycles. The highest BCUT2D eigenvalue weighted by Gasteiger charge is 2.38. The van der Waals surface area contributed by atoms with Gasteiger partial charge in [-0.25, -0.2) is 0 Å². The summed E-state index contributed by atoms with van der Waals surface area (Å²) in [5, 5.41) is 19.8. The summed E-state index contributed by atoms with van der Waals surface area (Å²) in [5.74, 6) is 0.795. The minimum absolute atomic E-state index is 0.0126. The molecule has 0 bridgehead atoms. The number of alkyl halides is 9. The van der Waals surface area contributed by atoms with Crippen LogP contribution in [0.25, 0.3) is 0 Å². The van der Waals surface area contributed by atoms with Crippen LogP contribution in [0.1, 0.15) is 77.4 Å². The third kappa shape index (κ3) is 7.90. The molecule has 1 aliphatic heterocycles. The fourth-order valence-electron chi connectivity index (χ4n) is 6.18. The number of nitrogens with zero attached hydrogens (tertiary/aromatic N) is 9. The molecule has 0 N–H and O–H groups in total. The maximum absolute atomic E-state index is 14.0. The van der Waals surface area contributed by atoms with E-state index in [9.17, 15) is 39.5 Å². The van der Waals surface area contributed by atoms with Crippen LogP contribution in [0.2, 0.25) is 0 Å². The molecule has 5 rings (SSSR count). The maximum atomic E-state index is 14.0. The molecule has 2 aromatic heterocycles. The molecule has 0 saturated carbocycles. The number of anilines is 1. The number of benzene rings is 2. The molecular formula is C30H32F9N9. The van der Waals surface area contributed by atoms with Gasteiger partial charge in [-0.1, -0.05) is 18.1 Å². The molecular weight excluding hydrogens is 657 g/mol. The zero-order valence-electron chi connectivity index (χ0n) is 26.1. The molecule has 18 heteroatoms. The third-order valence-corrected chi connectivity index (χ3v) is 8.46. The first kappa shape index (κ1) is 35.1. The molecule has 4 aromatic rings. The summed E-state index contributed by atoms with van der Waals surface area (Å²) >= 11 is 0. The Morgan fingerprint density at radius 2 is 1.44 bits per heavy atom. The van der Waals surface area contributed by atoms with Gasteiger partial charge in [-0.05, 0) is 84.6 Å². The standard InChI is InChI=1S/C30H32F9N9/c1-4-25(47-9-7-19(8-10-47)26-41-40-17-45(26)2)24-6-5-21(28(31,32)33)13-20(24)16-48(27-42-44-46(3)43-27)15-18-11-22(29(34,35)36)14-23(12-18)30(37,38)39/h5-6,11-14,17,19,25H,4,7-10,15-16H2,1-3H3. The summed E-state index contributed by atoms with van der Waals surface area (Å²) in [7, 11) is 3.25. The molecule has 0 aliphatic carbocycles. The number of likely N-dealkylation sites (tertiary alicyclic amines) is 1. The molecule has 1 atom stereocenters. The van der Waals surface area contributed by atoms with Crippen LogP contribution in [0.3, 0.4) is 0 Å². The molecule has 0 spiro atoms. The molecule has 48 heavy (non-hydrogen) atoms. The SMILES string of the molecule is CCC(c1ccc(C(F)(F)F)cc1CN(Cc1cc(C(F)(F)F)cc(C(F)(F)F)c1)c1nnn(C)n1)N1CCC(c2nncn2C)CC1. The monoisotopic (exact) mass is 689 g/mol. The second kappa shape index (κ2) is 13.4. The molecule has 1 unspecified atom stereocenters. The smallest absolute Gasteiger partial charge is 0.330 e. The quantitative estimate of drug-likeness (QED) is 0.176. The van der Waals surface area contributed by atoms with Crippen molar-refractivity contribution in [3.8, 4) is 0 Å². The number of piperidine rings is 1. The topological polar surface area (TPSA) is 80.8 Å². The van der Waals surface area contributed by atoms with E-state index >= 15 is 0 Å². The minimum atomic E-state index is -5.09. The van der Waals surface area contributed by atoms with E-state index in [1.54, 1.807) is 6.33 Å². The van der Waals surface area contributed by atoms with E-state index in [1.807, 2.05) is 18.5 Å². The van der Waals surface area contributed by atoms with Crippen molar-refractivity contribution < 1.29 is 39.5 Å². The van der Waals surface area contributed by atoms with Crippen molar-refractivity contribution in [1.29, 1.82) is 0 Å². The van der Waals surface area contributed by atoms with E-state index in [0.717, 1.165) is 35.6 Å². The van der Waals surface area contributed by atoms with Crippen molar-refractivity contribution in [2.75, 3.05) is 18.0 Å². The number of tetrazole rings is 1. The van der Waals surface area contributed by atoms with E-state index in [-0.39, 0.29) is 36.1 Å². The molecule has 9 nitrogen and oxygen atoms in total. The van der Waals surface area contributed by atoms with Crippen LogP contribution in [0, 0.1) is 0 Å². The van der Waals surface area contributed by atoms with Crippen LogP contribution in [-0.2, 0) is 45.7 Å². The summed E-state index contributed by atoms with van der Waals surface area (Å²) in [6, 6.07) is 4.13. The summed E-state index contributed by atoms with van der Waals surface area (Å²) in [6.07, 6.45) is -11.3. The maximum Gasteiger partial charge on any atom is 0.416 e. The lowest BCUT2D eigenvalue weighted by Gasteiger charge is -2.38. The Morgan fingerprint density at radius 3 is 1.94 bits per heavy atom. The van der Waals surface area contributed by atoms with E-state index in [4.69, 9.17) is 0 Å². The minimum Gasteiger partial charge on any atom is -0.330 e. The highest BCUT2D eigenvalue weighted by atomic mass is 19.4. The number of rotatable bonds is 9. The van der Waals surface area contributed by atoms with Crippen molar-refractivity contribution in [3.63, 3.8) is 0 Å². The van der Waals surface area contributed by atoms with Gasteiger partial charge in [-0.15, -0.1) is 15.3 Å². The van der Waals surface area contributed by atoms with Crippen molar-refractivity contribution in [3.05, 3.63) is 81.9 Å². The van der Waals surface area contributed by atoms with Gasteiger partial charge in [0.15, 0.2) is 0 Å². The van der Waals surface area contributed by atoms with Crippen molar-refractivity contribution in [1.82, 2.24) is 39.9 Å². The van der Waals surface area contributed by atoms with Gasteiger partial charge in [0.2, 0.25) is 0 Å². The Balaban J connectivity index is 1.52. The molecule has 260 valence electrons. The van der Waals surface area contributed by atoms with Gasteiger partial charge in [0, 0.05) is 32.1 Å². The number of aromatic nitrogens is 7. The highest BCUT2D eigenvalue weighted by Crippen LogP contribution is 2.39. The third-order valence-electron chi connectivity index (χ3n) is 8.46. The zero-order chi connectivity index (χ0) is 35.0. The van der Waals surface area contributed by atoms with Crippen molar-refractivity contribution in [2.24, 2.45) is 14.1 Å². The molecule has 2 aromatic carbocycles. The number of hydrogen-bond donors (Lipinski definition) is 0. The van der Waals surface area contributed by atoms with E-state index in [0.29, 0.717) is 37.2 Å². The average Bonchev–Trinajstić information content (AvgIpc) is 3.64. The summed E-state index contributed by atoms with van der Waals surface area (Å²) in [4.78, 5) is 4.40. The molecule has 3 heterocycles. The van der Waals surface area contributed by atoms with Crippen LogP contribution >= 0.6 is 0 Å². The first-order valence-electron chi connectivity index (χ1n) is 15.0. The highest BCUT2D eigenvalue weighted by molar-refractivity contribution is 5.42. The van der Waals surface area contributed by atoms with E-state index in [2.05, 4.69) is 30.5 Å². The Labute approximate surface area is 269 Å². The second-order valence-electron chi connectivity index (χ2n) is 11.8. The fourth-order valence-corrected chi connectivity index (χ4v) is 6.18. The summed E-state index contributed by atoms with van der Waals surface area (Å²) in [5.41, 5.74) is -3.68. The van der Waals surface area contributed by atoms with Crippen LogP contribution < -0.4 is 4.90 Å². The van der Waals surface area contributed by atoms with E-state index in [1.165, 1.54) is 18.0 Å². The average molecular weight is 690 g/mol. The zero-order valence-corrected chi connectivity index (χ0v) is 26.1. The van der Waals surface area contributed by atoms with Crippen LogP contribution in [0.15, 0.2) is 42.7 Å². The molecule has 0 amide bonds.